The Bertz CT molecular complexity index is 512. The van der Waals surface area contributed by atoms with Gasteiger partial charge in [-0.15, -0.1) is 0 Å². The molecule has 1 N–H and O–H groups in total. The molecule has 1 unspecified atom stereocenters. The number of piperazine rings is 1. The van der Waals surface area contributed by atoms with E-state index in [2.05, 4.69) is 15.4 Å². The highest BCUT2D eigenvalue weighted by atomic mass is 16.5. The minimum absolute atomic E-state index is 0.0255. The Balaban J connectivity index is 1.42. The Morgan fingerprint density at radius 1 is 1.30 bits per heavy atom. The average molecular weight is 322 g/mol. The summed E-state index contributed by atoms with van der Waals surface area (Å²) < 4.78 is 10.7. The molecule has 128 valence electrons. The largest absolute Gasteiger partial charge is 0.376 e. The molecule has 7 heteroatoms. The Kier molecular flexibility index (Phi) is 5.17. The standard InChI is InChI=1S/C16H26N4O3/c1-12-15(13(2)23-18-12)11-19-5-7-20(8-6-19)16(21)17-10-14-4-3-9-22-14/h14H,3-11H2,1-2H3,(H,17,21). The summed E-state index contributed by atoms with van der Waals surface area (Å²) in [6, 6.07) is 0.0255. The van der Waals surface area contributed by atoms with Gasteiger partial charge in [0.05, 0.1) is 11.8 Å². The van der Waals surface area contributed by atoms with Crippen molar-refractivity contribution in [2.45, 2.75) is 39.3 Å². The van der Waals surface area contributed by atoms with E-state index in [1.807, 2.05) is 18.7 Å². The first-order valence-corrected chi connectivity index (χ1v) is 8.42. The number of nitrogens with zero attached hydrogens (tertiary/aromatic N) is 3. The molecule has 3 heterocycles. The summed E-state index contributed by atoms with van der Waals surface area (Å²) in [4.78, 5) is 16.4. The number of hydrogen-bond donors (Lipinski definition) is 1. The van der Waals surface area contributed by atoms with Gasteiger partial charge >= 0.3 is 6.03 Å². The molecule has 3 rings (SSSR count). The van der Waals surface area contributed by atoms with Gasteiger partial charge in [0.2, 0.25) is 0 Å². The summed E-state index contributed by atoms with van der Waals surface area (Å²) in [7, 11) is 0. The highest BCUT2D eigenvalue weighted by molar-refractivity contribution is 5.74. The fourth-order valence-electron chi connectivity index (χ4n) is 3.18. The number of amides is 2. The van der Waals surface area contributed by atoms with Crippen LogP contribution in [0.25, 0.3) is 0 Å². The lowest BCUT2D eigenvalue weighted by molar-refractivity contribution is 0.104. The lowest BCUT2D eigenvalue weighted by Crippen LogP contribution is -2.52. The van der Waals surface area contributed by atoms with E-state index in [1.54, 1.807) is 0 Å². The third-order valence-corrected chi connectivity index (χ3v) is 4.73. The molecule has 0 bridgehead atoms. The third-order valence-electron chi connectivity index (χ3n) is 4.73. The van der Waals surface area contributed by atoms with Gasteiger partial charge < -0.3 is 19.5 Å². The fourth-order valence-corrected chi connectivity index (χ4v) is 3.18. The van der Waals surface area contributed by atoms with Crippen molar-refractivity contribution in [3.8, 4) is 0 Å². The van der Waals surface area contributed by atoms with Crippen molar-refractivity contribution in [2.75, 3.05) is 39.3 Å². The highest BCUT2D eigenvalue weighted by Crippen LogP contribution is 2.16. The molecule has 23 heavy (non-hydrogen) atoms. The minimum atomic E-state index is 0.0255. The second-order valence-corrected chi connectivity index (χ2v) is 6.39. The topological polar surface area (TPSA) is 70.8 Å². The van der Waals surface area contributed by atoms with E-state index >= 15 is 0 Å². The van der Waals surface area contributed by atoms with E-state index in [4.69, 9.17) is 9.26 Å². The number of urea groups is 1. The summed E-state index contributed by atoms with van der Waals surface area (Å²) in [5.74, 6) is 0.888. The molecule has 7 nitrogen and oxygen atoms in total. The van der Waals surface area contributed by atoms with Crippen LogP contribution in [-0.2, 0) is 11.3 Å². The first-order valence-electron chi connectivity index (χ1n) is 8.42. The SMILES string of the molecule is Cc1noc(C)c1CN1CCN(C(=O)NCC2CCCO2)CC1. The molecular weight excluding hydrogens is 296 g/mol. The van der Waals surface area contributed by atoms with Gasteiger partial charge in [0, 0.05) is 51.4 Å². The van der Waals surface area contributed by atoms with E-state index in [0.717, 1.165) is 63.6 Å². The monoisotopic (exact) mass is 322 g/mol. The van der Waals surface area contributed by atoms with Crippen LogP contribution in [0.4, 0.5) is 4.79 Å². The highest BCUT2D eigenvalue weighted by Gasteiger charge is 2.24. The lowest BCUT2D eigenvalue weighted by Gasteiger charge is -2.34. The normalized spacial score (nSPS) is 22.5. The third kappa shape index (κ3) is 4.03. The van der Waals surface area contributed by atoms with E-state index in [-0.39, 0.29) is 12.1 Å². The number of carbonyl (C=O) groups is 1. The van der Waals surface area contributed by atoms with Gasteiger partial charge in [-0.3, -0.25) is 4.90 Å². The van der Waals surface area contributed by atoms with Crippen LogP contribution in [0.5, 0.6) is 0 Å². The maximum Gasteiger partial charge on any atom is 0.317 e. The van der Waals surface area contributed by atoms with Crippen LogP contribution >= 0.6 is 0 Å². The van der Waals surface area contributed by atoms with Gasteiger partial charge in [-0.1, -0.05) is 5.16 Å². The van der Waals surface area contributed by atoms with Crippen LogP contribution in [0.2, 0.25) is 0 Å². The van der Waals surface area contributed by atoms with Crippen molar-refractivity contribution in [3.63, 3.8) is 0 Å². The van der Waals surface area contributed by atoms with E-state index in [9.17, 15) is 4.79 Å². The first kappa shape index (κ1) is 16.3. The number of hydrogen-bond acceptors (Lipinski definition) is 5. The second kappa shape index (κ2) is 7.31. The Hall–Kier alpha value is -1.60. The number of carbonyl (C=O) groups excluding carboxylic acids is 1. The predicted octanol–water partition coefficient (Wildman–Crippen LogP) is 1.30. The van der Waals surface area contributed by atoms with Gasteiger partial charge in [-0.25, -0.2) is 4.79 Å². The lowest BCUT2D eigenvalue weighted by atomic mass is 10.2. The van der Waals surface area contributed by atoms with Gasteiger partial charge in [0.15, 0.2) is 0 Å². The number of nitrogens with one attached hydrogen (secondary N) is 1. The summed E-state index contributed by atoms with van der Waals surface area (Å²) in [6.07, 6.45) is 2.34. The van der Waals surface area contributed by atoms with Crippen molar-refractivity contribution in [3.05, 3.63) is 17.0 Å². The summed E-state index contributed by atoms with van der Waals surface area (Å²) in [5.41, 5.74) is 2.13. The molecular formula is C16H26N4O3. The van der Waals surface area contributed by atoms with E-state index < -0.39 is 0 Å². The molecule has 0 aromatic carbocycles. The average Bonchev–Trinajstić information content (AvgIpc) is 3.18. The molecule has 2 fully saturated rings. The maximum atomic E-state index is 12.2. The molecule has 2 amide bonds. The Morgan fingerprint density at radius 3 is 2.70 bits per heavy atom. The van der Waals surface area contributed by atoms with Crippen LogP contribution < -0.4 is 5.32 Å². The van der Waals surface area contributed by atoms with Crippen LogP contribution in [0, 0.1) is 13.8 Å². The minimum Gasteiger partial charge on any atom is -0.376 e. The van der Waals surface area contributed by atoms with Crippen LogP contribution in [0.15, 0.2) is 4.52 Å². The zero-order chi connectivity index (χ0) is 16.2. The van der Waals surface area contributed by atoms with Crippen molar-refractivity contribution in [1.29, 1.82) is 0 Å². The molecule has 2 aliphatic rings. The molecule has 1 aromatic rings. The van der Waals surface area contributed by atoms with Gasteiger partial charge in [-0.2, -0.15) is 0 Å². The Labute approximate surface area is 136 Å². The summed E-state index contributed by atoms with van der Waals surface area (Å²) >= 11 is 0. The van der Waals surface area contributed by atoms with Gasteiger partial charge in [0.1, 0.15) is 5.76 Å². The zero-order valence-corrected chi connectivity index (χ0v) is 14.0. The molecule has 0 aliphatic carbocycles. The predicted molar refractivity (Wildman–Crippen MR) is 85.2 cm³/mol. The van der Waals surface area contributed by atoms with Crippen LogP contribution in [0.1, 0.15) is 29.9 Å². The molecule has 0 saturated carbocycles. The van der Waals surface area contributed by atoms with Crippen LogP contribution in [-0.4, -0.2) is 66.4 Å². The van der Waals surface area contributed by atoms with Crippen LogP contribution in [0.3, 0.4) is 0 Å². The van der Waals surface area contributed by atoms with Gasteiger partial charge in [-0.05, 0) is 26.7 Å². The van der Waals surface area contributed by atoms with Crippen molar-refractivity contribution in [2.24, 2.45) is 0 Å². The molecule has 2 aliphatic heterocycles. The van der Waals surface area contributed by atoms with Crippen molar-refractivity contribution >= 4 is 6.03 Å². The summed E-state index contributed by atoms with van der Waals surface area (Å²) in [5, 5.41) is 6.99. The second-order valence-electron chi connectivity index (χ2n) is 6.39. The number of aryl methyl sites for hydroxylation is 2. The molecule has 0 radical (unpaired) electrons. The number of rotatable bonds is 4. The Morgan fingerprint density at radius 2 is 2.09 bits per heavy atom. The van der Waals surface area contributed by atoms with Gasteiger partial charge in [0.25, 0.3) is 0 Å². The quantitative estimate of drug-likeness (QED) is 0.905. The molecule has 1 atom stereocenters. The molecule has 1 aromatic heterocycles. The summed E-state index contributed by atoms with van der Waals surface area (Å²) in [6.45, 7) is 9.45. The maximum absolute atomic E-state index is 12.2. The van der Waals surface area contributed by atoms with Crippen molar-refractivity contribution in [1.82, 2.24) is 20.3 Å². The van der Waals surface area contributed by atoms with E-state index in [1.165, 1.54) is 5.56 Å². The number of aromatic nitrogens is 1. The van der Waals surface area contributed by atoms with Crippen molar-refractivity contribution < 1.29 is 14.1 Å². The fraction of sp³-hybridized carbons (Fsp3) is 0.750. The smallest absolute Gasteiger partial charge is 0.317 e. The molecule has 0 spiro atoms. The number of ether oxygens (including phenoxy) is 1. The first-order chi connectivity index (χ1) is 11.1. The zero-order valence-electron chi connectivity index (χ0n) is 14.0. The van der Waals surface area contributed by atoms with E-state index in [0.29, 0.717) is 6.54 Å². The molecule has 2 saturated heterocycles.